The summed E-state index contributed by atoms with van der Waals surface area (Å²) in [6.07, 6.45) is 6.14. The molecule has 0 saturated carbocycles. The summed E-state index contributed by atoms with van der Waals surface area (Å²) in [5.74, 6) is 0.0545. The Labute approximate surface area is 98.8 Å². The van der Waals surface area contributed by atoms with Crippen LogP contribution in [0, 0.1) is 5.92 Å². The van der Waals surface area contributed by atoms with Gasteiger partial charge in [-0.3, -0.25) is 4.79 Å². The van der Waals surface area contributed by atoms with Gasteiger partial charge in [0.2, 0.25) is 0 Å². The summed E-state index contributed by atoms with van der Waals surface area (Å²) >= 11 is 0. The molecule has 16 heavy (non-hydrogen) atoms. The lowest BCUT2D eigenvalue weighted by molar-refractivity contribution is -0.137. The van der Waals surface area contributed by atoms with E-state index in [1.54, 1.807) is 0 Å². The fourth-order valence-electron chi connectivity index (χ4n) is 2.64. The van der Waals surface area contributed by atoms with E-state index in [2.05, 4.69) is 18.7 Å². The van der Waals surface area contributed by atoms with Crippen LogP contribution in [0.1, 0.15) is 52.4 Å². The van der Waals surface area contributed by atoms with Crippen LogP contribution in [0.4, 0.5) is 0 Å². The first-order valence-corrected chi connectivity index (χ1v) is 6.57. The largest absolute Gasteiger partial charge is 0.481 e. The zero-order valence-corrected chi connectivity index (χ0v) is 10.6. The molecule has 1 saturated heterocycles. The van der Waals surface area contributed by atoms with E-state index in [9.17, 15) is 4.79 Å². The molecule has 94 valence electrons. The molecule has 0 amide bonds. The highest BCUT2D eigenvalue weighted by molar-refractivity contribution is 5.66. The van der Waals surface area contributed by atoms with Gasteiger partial charge in [-0.1, -0.05) is 20.3 Å². The third kappa shape index (κ3) is 4.52. The van der Waals surface area contributed by atoms with Gasteiger partial charge in [-0.15, -0.1) is 0 Å². The van der Waals surface area contributed by atoms with Gasteiger partial charge in [0.25, 0.3) is 0 Å². The van der Waals surface area contributed by atoms with E-state index in [1.807, 2.05) is 0 Å². The maximum atomic E-state index is 10.4. The second kappa shape index (κ2) is 6.89. The number of carboxylic acids is 1. The number of unbranched alkanes of at least 4 members (excludes halogenated alkanes) is 1. The van der Waals surface area contributed by atoms with Crippen molar-refractivity contribution in [1.82, 2.24) is 4.90 Å². The van der Waals surface area contributed by atoms with Crippen LogP contribution in [0.5, 0.6) is 0 Å². The minimum Gasteiger partial charge on any atom is -0.481 e. The Balaban J connectivity index is 2.24. The molecule has 0 radical (unpaired) electrons. The van der Waals surface area contributed by atoms with Crippen LogP contribution < -0.4 is 0 Å². The molecule has 0 aromatic rings. The van der Waals surface area contributed by atoms with Crippen molar-refractivity contribution in [2.75, 3.05) is 13.1 Å². The molecule has 1 atom stereocenters. The summed E-state index contributed by atoms with van der Waals surface area (Å²) in [5, 5.41) is 8.58. The summed E-state index contributed by atoms with van der Waals surface area (Å²) in [7, 11) is 0. The van der Waals surface area contributed by atoms with Crippen molar-refractivity contribution in [1.29, 1.82) is 0 Å². The van der Waals surface area contributed by atoms with Crippen molar-refractivity contribution < 1.29 is 9.90 Å². The zero-order valence-electron chi connectivity index (χ0n) is 10.6. The number of hydrogen-bond donors (Lipinski definition) is 1. The van der Waals surface area contributed by atoms with E-state index in [0.717, 1.165) is 31.3 Å². The number of aliphatic carboxylic acids is 1. The van der Waals surface area contributed by atoms with E-state index < -0.39 is 5.97 Å². The van der Waals surface area contributed by atoms with Gasteiger partial charge in [0.1, 0.15) is 0 Å². The molecule has 0 aromatic carbocycles. The number of nitrogens with zero attached hydrogens (tertiary/aromatic N) is 1. The summed E-state index contributed by atoms with van der Waals surface area (Å²) in [4.78, 5) is 13.0. The summed E-state index contributed by atoms with van der Waals surface area (Å²) < 4.78 is 0. The third-order valence-corrected chi connectivity index (χ3v) is 3.52. The second-order valence-electron chi connectivity index (χ2n) is 5.19. The molecule has 1 rings (SSSR count). The summed E-state index contributed by atoms with van der Waals surface area (Å²) in [6.45, 7) is 6.87. The Morgan fingerprint density at radius 3 is 2.75 bits per heavy atom. The molecule has 0 spiro atoms. The van der Waals surface area contributed by atoms with Crippen LogP contribution in [-0.2, 0) is 4.79 Å². The Morgan fingerprint density at radius 2 is 2.12 bits per heavy atom. The second-order valence-corrected chi connectivity index (χ2v) is 5.19. The molecule has 3 heteroatoms. The van der Waals surface area contributed by atoms with Gasteiger partial charge in [0.05, 0.1) is 0 Å². The smallest absolute Gasteiger partial charge is 0.303 e. The maximum Gasteiger partial charge on any atom is 0.303 e. The first-order chi connectivity index (χ1) is 7.61. The Hall–Kier alpha value is -0.570. The normalized spacial score (nSPS) is 22.6. The summed E-state index contributed by atoms with van der Waals surface area (Å²) in [6, 6.07) is 0.721. The lowest BCUT2D eigenvalue weighted by Crippen LogP contribution is -2.43. The molecule has 3 nitrogen and oxygen atoms in total. The average molecular weight is 227 g/mol. The quantitative estimate of drug-likeness (QED) is 0.709. The van der Waals surface area contributed by atoms with Crippen molar-refractivity contribution in [3.8, 4) is 0 Å². The number of hydrogen-bond acceptors (Lipinski definition) is 2. The number of carbonyl (C=O) groups is 1. The van der Waals surface area contributed by atoms with Gasteiger partial charge in [0, 0.05) is 12.5 Å². The molecule has 0 aliphatic carbocycles. The highest BCUT2D eigenvalue weighted by atomic mass is 16.4. The van der Waals surface area contributed by atoms with Crippen LogP contribution >= 0.6 is 0 Å². The van der Waals surface area contributed by atoms with Gasteiger partial charge in [-0.2, -0.15) is 0 Å². The van der Waals surface area contributed by atoms with Crippen molar-refractivity contribution in [3.63, 3.8) is 0 Å². The molecule has 1 aliphatic heterocycles. The fourth-order valence-corrected chi connectivity index (χ4v) is 2.64. The van der Waals surface area contributed by atoms with Gasteiger partial charge >= 0.3 is 5.97 Å². The van der Waals surface area contributed by atoms with Gasteiger partial charge in [-0.05, 0) is 44.7 Å². The Kier molecular flexibility index (Phi) is 5.81. The van der Waals surface area contributed by atoms with Crippen LogP contribution in [-0.4, -0.2) is 35.1 Å². The van der Waals surface area contributed by atoms with E-state index in [4.69, 9.17) is 5.11 Å². The molecule has 0 bridgehead atoms. The predicted molar refractivity (Wildman–Crippen MR) is 65.5 cm³/mol. The van der Waals surface area contributed by atoms with E-state index >= 15 is 0 Å². The molecule has 1 unspecified atom stereocenters. The maximum absolute atomic E-state index is 10.4. The lowest BCUT2D eigenvalue weighted by atomic mass is 9.92. The topological polar surface area (TPSA) is 40.5 Å². The molecule has 0 aromatic heterocycles. The number of rotatable bonds is 6. The first kappa shape index (κ1) is 13.5. The van der Waals surface area contributed by atoms with Crippen molar-refractivity contribution in [2.45, 2.75) is 58.4 Å². The van der Waals surface area contributed by atoms with Gasteiger partial charge in [0.15, 0.2) is 0 Å². The SMILES string of the molecule is CC(C)C1CCCCN1CCCCC(=O)O. The van der Waals surface area contributed by atoms with Crippen molar-refractivity contribution >= 4 is 5.97 Å². The molecule has 1 aliphatic rings. The molecule has 1 fully saturated rings. The highest BCUT2D eigenvalue weighted by Crippen LogP contribution is 2.23. The van der Waals surface area contributed by atoms with Crippen LogP contribution in [0.3, 0.4) is 0 Å². The Bertz CT molecular complexity index is 216. The molecule has 1 heterocycles. The third-order valence-electron chi connectivity index (χ3n) is 3.52. The van der Waals surface area contributed by atoms with Gasteiger partial charge in [-0.25, -0.2) is 0 Å². The monoisotopic (exact) mass is 227 g/mol. The molecular weight excluding hydrogens is 202 g/mol. The summed E-state index contributed by atoms with van der Waals surface area (Å²) in [5.41, 5.74) is 0. The Morgan fingerprint density at radius 1 is 1.38 bits per heavy atom. The number of piperidine rings is 1. The zero-order chi connectivity index (χ0) is 12.0. The first-order valence-electron chi connectivity index (χ1n) is 6.57. The number of likely N-dealkylation sites (tertiary alicyclic amines) is 1. The van der Waals surface area contributed by atoms with E-state index in [0.29, 0.717) is 6.42 Å². The van der Waals surface area contributed by atoms with Crippen LogP contribution in [0.25, 0.3) is 0 Å². The van der Waals surface area contributed by atoms with E-state index in [1.165, 1.54) is 25.8 Å². The lowest BCUT2D eigenvalue weighted by Gasteiger charge is -2.38. The molecular formula is C13H25NO2. The number of carboxylic acid groups (broad SMARTS) is 1. The van der Waals surface area contributed by atoms with Crippen molar-refractivity contribution in [3.05, 3.63) is 0 Å². The average Bonchev–Trinajstić information content (AvgIpc) is 2.24. The van der Waals surface area contributed by atoms with Gasteiger partial charge < -0.3 is 10.0 Å². The molecule has 1 N–H and O–H groups in total. The van der Waals surface area contributed by atoms with Crippen LogP contribution in [0.2, 0.25) is 0 Å². The van der Waals surface area contributed by atoms with Crippen LogP contribution in [0.15, 0.2) is 0 Å². The van der Waals surface area contributed by atoms with E-state index in [-0.39, 0.29) is 0 Å². The standard InChI is InChI=1S/C13H25NO2/c1-11(2)12-7-3-5-9-14(12)10-6-4-8-13(15)16/h11-12H,3-10H2,1-2H3,(H,15,16). The minimum atomic E-state index is -0.668. The fraction of sp³-hybridized carbons (Fsp3) is 0.923. The minimum absolute atomic E-state index is 0.320. The highest BCUT2D eigenvalue weighted by Gasteiger charge is 2.24. The van der Waals surface area contributed by atoms with Crippen molar-refractivity contribution in [2.24, 2.45) is 5.92 Å². The predicted octanol–water partition coefficient (Wildman–Crippen LogP) is 2.75.